The third-order valence-electron chi connectivity index (χ3n) is 4.66. The molecular weight excluding hydrogens is 418 g/mol. The van der Waals surface area contributed by atoms with Gasteiger partial charge in [0, 0.05) is 18.3 Å². The van der Waals surface area contributed by atoms with E-state index in [1.807, 2.05) is 5.32 Å². The normalized spacial score (nSPS) is 16.1. The fourth-order valence-electron chi connectivity index (χ4n) is 3.24. The smallest absolute Gasteiger partial charge is 0.405 e. The Bertz CT molecular complexity index is 936. The Labute approximate surface area is 176 Å². The zero-order chi connectivity index (χ0) is 22.4. The van der Waals surface area contributed by atoms with Crippen LogP contribution >= 0.6 is 0 Å². The maximum absolute atomic E-state index is 13.3. The highest BCUT2D eigenvalue weighted by Crippen LogP contribution is 2.23. The number of hydrogen-bond donors (Lipinski definition) is 2. The van der Waals surface area contributed by atoms with Crippen molar-refractivity contribution >= 4 is 17.6 Å². The molecule has 0 aromatic heterocycles. The fourth-order valence-corrected chi connectivity index (χ4v) is 3.24. The first kappa shape index (κ1) is 22.4. The Kier molecular flexibility index (Phi) is 6.98. The van der Waals surface area contributed by atoms with Crippen molar-refractivity contribution in [3.63, 3.8) is 0 Å². The molecule has 31 heavy (non-hydrogen) atoms. The monoisotopic (exact) mass is 439 g/mol. The van der Waals surface area contributed by atoms with Crippen molar-refractivity contribution in [2.75, 3.05) is 18.4 Å². The fraction of sp³-hybridized carbons (Fsp3) is 0.333. The molecule has 1 saturated heterocycles. The summed E-state index contributed by atoms with van der Waals surface area (Å²) >= 11 is 0. The van der Waals surface area contributed by atoms with Gasteiger partial charge in [0.05, 0.1) is 0 Å². The first-order valence-corrected chi connectivity index (χ1v) is 9.61. The minimum atomic E-state index is -4.52. The predicted octanol–water partition coefficient (Wildman–Crippen LogP) is 4.08. The molecule has 1 fully saturated rings. The van der Waals surface area contributed by atoms with Crippen LogP contribution in [0, 0.1) is 5.82 Å². The Balaban J connectivity index is 1.58. The average Bonchev–Trinajstić information content (AvgIpc) is 3.20. The first-order valence-electron chi connectivity index (χ1n) is 9.61. The highest BCUT2D eigenvalue weighted by molar-refractivity contribution is 5.94. The number of ether oxygens (including phenoxy) is 1. The second-order valence-electron chi connectivity index (χ2n) is 7.06. The number of halogens is 4. The van der Waals surface area contributed by atoms with E-state index in [2.05, 4.69) is 5.32 Å². The molecule has 6 nitrogen and oxygen atoms in total. The molecule has 1 atom stereocenters. The zero-order valence-corrected chi connectivity index (χ0v) is 16.4. The molecule has 0 bridgehead atoms. The maximum Gasteiger partial charge on any atom is 0.405 e. The molecule has 0 spiro atoms. The van der Waals surface area contributed by atoms with Crippen molar-refractivity contribution in [2.45, 2.75) is 31.7 Å². The number of amides is 3. The Morgan fingerprint density at radius 2 is 1.90 bits per heavy atom. The largest absolute Gasteiger partial charge is 0.489 e. The lowest BCUT2D eigenvalue weighted by Gasteiger charge is -2.24. The van der Waals surface area contributed by atoms with Crippen LogP contribution in [0.25, 0.3) is 0 Å². The van der Waals surface area contributed by atoms with Gasteiger partial charge in [-0.2, -0.15) is 13.2 Å². The van der Waals surface area contributed by atoms with Crippen LogP contribution in [0.4, 0.5) is 28.0 Å². The molecule has 1 aliphatic rings. The molecule has 3 rings (SSSR count). The van der Waals surface area contributed by atoms with Gasteiger partial charge in [0.1, 0.15) is 30.8 Å². The third kappa shape index (κ3) is 6.59. The van der Waals surface area contributed by atoms with Gasteiger partial charge in [0.15, 0.2) is 0 Å². The van der Waals surface area contributed by atoms with E-state index in [1.54, 1.807) is 36.4 Å². The number of anilines is 1. The van der Waals surface area contributed by atoms with E-state index in [0.717, 1.165) is 0 Å². The van der Waals surface area contributed by atoms with Crippen molar-refractivity contribution in [2.24, 2.45) is 0 Å². The molecule has 0 aliphatic carbocycles. The lowest BCUT2D eigenvalue weighted by Crippen LogP contribution is -2.49. The van der Waals surface area contributed by atoms with Crippen LogP contribution in [0.1, 0.15) is 18.4 Å². The van der Waals surface area contributed by atoms with Gasteiger partial charge in [-0.1, -0.05) is 18.2 Å². The Hall–Kier alpha value is -3.30. The van der Waals surface area contributed by atoms with Crippen molar-refractivity contribution in [1.29, 1.82) is 0 Å². The first-order chi connectivity index (χ1) is 14.7. The summed E-state index contributed by atoms with van der Waals surface area (Å²) in [6.45, 7) is -1.06. The molecule has 10 heteroatoms. The number of urea groups is 1. The summed E-state index contributed by atoms with van der Waals surface area (Å²) in [6, 6.07) is 10.9. The molecule has 0 saturated carbocycles. The van der Waals surface area contributed by atoms with Gasteiger partial charge in [-0.15, -0.1) is 0 Å². The molecule has 1 aliphatic heterocycles. The van der Waals surface area contributed by atoms with Gasteiger partial charge in [0.2, 0.25) is 5.91 Å². The van der Waals surface area contributed by atoms with E-state index in [1.165, 1.54) is 17.0 Å². The number of carbonyl (C=O) groups excluding carboxylic acids is 2. The molecule has 2 N–H and O–H groups in total. The van der Waals surface area contributed by atoms with Gasteiger partial charge in [0.25, 0.3) is 0 Å². The van der Waals surface area contributed by atoms with Crippen LogP contribution in [0.3, 0.4) is 0 Å². The number of rotatable bonds is 6. The topological polar surface area (TPSA) is 70.7 Å². The van der Waals surface area contributed by atoms with E-state index in [9.17, 15) is 27.2 Å². The van der Waals surface area contributed by atoms with Gasteiger partial charge >= 0.3 is 12.2 Å². The number of alkyl halides is 3. The van der Waals surface area contributed by atoms with E-state index in [4.69, 9.17) is 4.74 Å². The summed E-state index contributed by atoms with van der Waals surface area (Å²) in [4.78, 5) is 25.9. The quantitative estimate of drug-likeness (QED) is 0.667. The maximum atomic E-state index is 13.3. The van der Waals surface area contributed by atoms with Crippen molar-refractivity contribution in [1.82, 2.24) is 10.2 Å². The summed E-state index contributed by atoms with van der Waals surface area (Å²) < 4.78 is 55.9. The molecule has 2 aromatic rings. The zero-order valence-electron chi connectivity index (χ0n) is 16.4. The third-order valence-corrected chi connectivity index (χ3v) is 4.66. The average molecular weight is 439 g/mol. The molecule has 1 heterocycles. The van der Waals surface area contributed by atoms with Crippen LogP contribution in [0.2, 0.25) is 0 Å². The SMILES string of the molecule is O=C(NCC(F)(F)F)C1CCCN1C(=O)Nc1cccc(OCc2cccc(F)c2)c1. The summed E-state index contributed by atoms with van der Waals surface area (Å²) in [5, 5.41) is 4.46. The summed E-state index contributed by atoms with van der Waals surface area (Å²) in [6.07, 6.45) is -3.73. The van der Waals surface area contributed by atoms with Gasteiger partial charge < -0.3 is 20.3 Å². The predicted molar refractivity (Wildman–Crippen MR) is 105 cm³/mol. The van der Waals surface area contributed by atoms with E-state index in [0.29, 0.717) is 23.4 Å². The van der Waals surface area contributed by atoms with E-state index < -0.39 is 30.7 Å². The molecule has 3 amide bonds. The Morgan fingerprint density at radius 1 is 1.13 bits per heavy atom. The number of nitrogens with one attached hydrogen (secondary N) is 2. The molecule has 1 unspecified atom stereocenters. The standard InChI is InChI=1S/C21H21F4N3O3/c22-15-5-1-4-14(10-15)12-31-17-7-2-6-16(11-17)27-20(30)28-9-3-8-18(28)19(29)26-13-21(23,24)25/h1-2,4-7,10-11,18H,3,8-9,12-13H2,(H,26,29)(H,27,30). The van der Waals surface area contributed by atoms with Crippen LogP contribution in [0.15, 0.2) is 48.5 Å². The molecule has 0 radical (unpaired) electrons. The van der Waals surface area contributed by atoms with E-state index >= 15 is 0 Å². The Morgan fingerprint density at radius 3 is 2.65 bits per heavy atom. The summed E-state index contributed by atoms with van der Waals surface area (Å²) in [7, 11) is 0. The van der Waals surface area contributed by atoms with E-state index in [-0.39, 0.29) is 25.4 Å². The lowest BCUT2D eigenvalue weighted by molar-refractivity contribution is -0.140. The lowest BCUT2D eigenvalue weighted by atomic mass is 10.2. The molecular formula is C21H21F4N3O3. The second kappa shape index (κ2) is 9.67. The van der Waals surface area contributed by atoms with Crippen LogP contribution < -0.4 is 15.4 Å². The highest BCUT2D eigenvalue weighted by atomic mass is 19.4. The van der Waals surface area contributed by atoms with Crippen molar-refractivity contribution < 1.29 is 31.9 Å². The number of hydrogen-bond acceptors (Lipinski definition) is 3. The number of benzene rings is 2. The number of nitrogens with zero attached hydrogens (tertiary/aromatic N) is 1. The highest BCUT2D eigenvalue weighted by Gasteiger charge is 2.36. The number of carbonyl (C=O) groups is 2. The van der Waals surface area contributed by atoms with Crippen LogP contribution in [0.5, 0.6) is 5.75 Å². The van der Waals surface area contributed by atoms with Crippen LogP contribution in [-0.4, -0.2) is 42.1 Å². The minimum absolute atomic E-state index is 0.128. The van der Waals surface area contributed by atoms with Gasteiger partial charge in [-0.3, -0.25) is 4.79 Å². The minimum Gasteiger partial charge on any atom is -0.489 e. The summed E-state index contributed by atoms with van der Waals surface area (Å²) in [5.41, 5.74) is 1.03. The van der Waals surface area contributed by atoms with Gasteiger partial charge in [-0.05, 0) is 42.7 Å². The number of likely N-dealkylation sites (tertiary alicyclic amines) is 1. The second-order valence-corrected chi connectivity index (χ2v) is 7.06. The van der Waals surface area contributed by atoms with Crippen molar-refractivity contribution in [3.05, 3.63) is 59.9 Å². The van der Waals surface area contributed by atoms with Gasteiger partial charge in [-0.25, -0.2) is 9.18 Å². The van der Waals surface area contributed by atoms with Crippen LogP contribution in [-0.2, 0) is 11.4 Å². The molecule has 166 valence electrons. The molecule has 2 aromatic carbocycles. The summed E-state index contributed by atoms with van der Waals surface area (Å²) in [5.74, 6) is -0.776. The van der Waals surface area contributed by atoms with Crippen molar-refractivity contribution in [3.8, 4) is 5.75 Å².